The number of hydrazine groups is 1. The zero-order valence-electron chi connectivity index (χ0n) is 10.5. The number of nitrogens with zero attached hydrogens (tertiary/aromatic N) is 3. The average Bonchev–Trinajstić information content (AvgIpc) is 2.39. The summed E-state index contributed by atoms with van der Waals surface area (Å²) in [5, 5.41) is 0.870. The summed E-state index contributed by atoms with van der Waals surface area (Å²) in [5.41, 5.74) is 4.86. The molecule has 0 atom stereocenters. The van der Waals surface area contributed by atoms with Crippen LogP contribution in [0.5, 0.6) is 0 Å². The second-order valence-electron chi connectivity index (χ2n) is 3.95. The number of halogens is 2. The second kappa shape index (κ2) is 5.69. The molecule has 0 aliphatic rings. The van der Waals surface area contributed by atoms with Crippen molar-refractivity contribution in [2.75, 3.05) is 5.43 Å². The second-order valence-corrected chi connectivity index (χ2v) is 4.79. The van der Waals surface area contributed by atoms with E-state index in [0.29, 0.717) is 27.4 Å². The van der Waals surface area contributed by atoms with Crippen molar-refractivity contribution in [2.45, 2.75) is 20.3 Å². The minimum Gasteiger partial charge on any atom is -0.308 e. The van der Waals surface area contributed by atoms with E-state index in [0.717, 1.165) is 17.7 Å². The summed E-state index contributed by atoms with van der Waals surface area (Å²) in [6.45, 7) is 3.92. The van der Waals surface area contributed by atoms with Gasteiger partial charge in [-0.15, -0.1) is 0 Å². The van der Waals surface area contributed by atoms with Crippen molar-refractivity contribution in [1.29, 1.82) is 0 Å². The van der Waals surface area contributed by atoms with E-state index < -0.39 is 0 Å². The van der Waals surface area contributed by atoms with Crippen LogP contribution in [-0.2, 0) is 6.42 Å². The van der Waals surface area contributed by atoms with Gasteiger partial charge >= 0.3 is 0 Å². The predicted octanol–water partition coefficient (Wildman–Crippen LogP) is 3.00. The SMILES string of the molecule is CCc1nc(-c2ncc(Cl)cc2Cl)nc(NN)c1C. The summed E-state index contributed by atoms with van der Waals surface area (Å²) < 4.78 is 0. The first-order chi connectivity index (χ1) is 9.06. The zero-order valence-corrected chi connectivity index (χ0v) is 12.0. The van der Waals surface area contributed by atoms with Crippen LogP contribution >= 0.6 is 23.2 Å². The van der Waals surface area contributed by atoms with Gasteiger partial charge in [-0.05, 0) is 19.4 Å². The highest BCUT2D eigenvalue weighted by Gasteiger charge is 2.14. The molecule has 0 aliphatic carbocycles. The van der Waals surface area contributed by atoms with Gasteiger partial charge in [0.15, 0.2) is 5.82 Å². The first-order valence-corrected chi connectivity index (χ1v) is 6.48. The van der Waals surface area contributed by atoms with E-state index in [1.165, 1.54) is 6.20 Å². The largest absolute Gasteiger partial charge is 0.308 e. The van der Waals surface area contributed by atoms with Crippen molar-refractivity contribution in [1.82, 2.24) is 15.0 Å². The highest BCUT2D eigenvalue weighted by Crippen LogP contribution is 2.27. The minimum absolute atomic E-state index is 0.404. The van der Waals surface area contributed by atoms with Gasteiger partial charge in [0, 0.05) is 17.5 Å². The third kappa shape index (κ3) is 2.78. The molecule has 2 heterocycles. The van der Waals surface area contributed by atoms with E-state index >= 15 is 0 Å². The summed E-state index contributed by atoms with van der Waals surface area (Å²) in [6, 6.07) is 1.61. The quantitative estimate of drug-likeness (QED) is 0.673. The lowest BCUT2D eigenvalue weighted by molar-refractivity contribution is 0.968. The van der Waals surface area contributed by atoms with Crippen LogP contribution in [-0.4, -0.2) is 15.0 Å². The number of nitrogen functional groups attached to an aromatic ring is 1. The van der Waals surface area contributed by atoms with Crippen molar-refractivity contribution in [3.05, 3.63) is 33.6 Å². The van der Waals surface area contributed by atoms with Crippen LogP contribution < -0.4 is 11.3 Å². The van der Waals surface area contributed by atoms with Crippen molar-refractivity contribution in [3.8, 4) is 11.5 Å². The summed E-state index contributed by atoms with van der Waals surface area (Å²) >= 11 is 11.9. The van der Waals surface area contributed by atoms with Crippen molar-refractivity contribution < 1.29 is 0 Å². The van der Waals surface area contributed by atoms with Gasteiger partial charge in [-0.2, -0.15) is 0 Å². The number of rotatable bonds is 3. The predicted molar refractivity (Wildman–Crippen MR) is 77.2 cm³/mol. The van der Waals surface area contributed by atoms with Gasteiger partial charge < -0.3 is 5.43 Å². The molecule has 0 bridgehead atoms. The number of aromatic nitrogens is 3. The maximum absolute atomic E-state index is 6.12. The molecule has 100 valence electrons. The molecule has 3 N–H and O–H groups in total. The molecule has 0 aromatic carbocycles. The third-order valence-corrected chi connectivity index (χ3v) is 3.23. The first-order valence-electron chi connectivity index (χ1n) is 5.72. The Morgan fingerprint density at radius 1 is 1.32 bits per heavy atom. The lowest BCUT2D eigenvalue weighted by Crippen LogP contribution is -2.13. The summed E-state index contributed by atoms with van der Waals surface area (Å²) in [5.74, 6) is 6.46. The minimum atomic E-state index is 0.404. The van der Waals surface area contributed by atoms with Crippen LogP contribution in [0.15, 0.2) is 12.3 Å². The Hall–Kier alpha value is -1.43. The molecule has 0 unspecified atom stereocenters. The number of hydrogen-bond acceptors (Lipinski definition) is 5. The number of anilines is 1. The molecular weight excluding hydrogens is 285 g/mol. The molecule has 0 aliphatic heterocycles. The van der Waals surface area contributed by atoms with E-state index in [4.69, 9.17) is 29.0 Å². The van der Waals surface area contributed by atoms with Crippen LogP contribution in [0.1, 0.15) is 18.2 Å². The van der Waals surface area contributed by atoms with E-state index in [-0.39, 0.29) is 0 Å². The van der Waals surface area contributed by atoms with Crippen LogP contribution in [0.25, 0.3) is 11.5 Å². The first kappa shape index (κ1) is 14.0. The molecule has 2 rings (SSSR count). The molecule has 5 nitrogen and oxygen atoms in total. The Labute approximate surface area is 121 Å². The molecule has 19 heavy (non-hydrogen) atoms. The van der Waals surface area contributed by atoms with E-state index in [9.17, 15) is 0 Å². The van der Waals surface area contributed by atoms with Gasteiger partial charge in [0.2, 0.25) is 0 Å². The summed E-state index contributed by atoms with van der Waals surface area (Å²) in [4.78, 5) is 13.0. The molecule has 0 saturated heterocycles. The topological polar surface area (TPSA) is 76.7 Å². The third-order valence-electron chi connectivity index (χ3n) is 2.74. The van der Waals surface area contributed by atoms with E-state index in [1.807, 2.05) is 13.8 Å². The fourth-order valence-electron chi connectivity index (χ4n) is 1.73. The maximum Gasteiger partial charge on any atom is 0.182 e. The van der Waals surface area contributed by atoms with Crippen LogP contribution in [0.4, 0.5) is 5.82 Å². The van der Waals surface area contributed by atoms with Gasteiger partial charge in [-0.1, -0.05) is 30.1 Å². The number of pyridine rings is 1. The Balaban J connectivity index is 2.62. The molecule has 0 saturated carbocycles. The number of hydrogen-bond donors (Lipinski definition) is 2. The monoisotopic (exact) mass is 297 g/mol. The van der Waals surface area contributed by atoms with Crippen molar-refractivity contribution in [3.63, 3.8) is 0 Å². The standard InChI is InChI=1S/C12H13Cl2N5/c1-3-9-6(2)11(19-15)18-12(17-9)10-8(14)4-7(13)5-16-10/h4-5H,3,15H2,1-2H3,(H,17,18,19). The van der Waals surface area contributed by atoms with Crippen molar-refractivity contribution >= 4 is 29.0 Å². The highest BCUT2D eigenvalue weighted by atomic mass is 35.5. The average molecular weight is 298 g/mol. The molecule has 0 amide bonds. The summed E-state index contributed by atoms with van der Waals surface area (Å²) in [7, 11) is 0. The van der Waals surface area contributed by atoms with E-state index in [2.05, 4.69) is 20.4 Å². The van der Waals surface area contributed by atoms with Crippen LogP contribution in [0.3, 0.4) is 0 Å². The highest BCUT2D eigenvalue weighted by molar-refractivity contribution is 6.35. The van der Waals surface area contributed by atoms with Crippen LogP contribution in [0.2, 0.25) is 10.0 Å². The normalized spacial score (nSPS) is 10.6. The lowest BCUT2D eigenvalue weighted by Gasteiger charge is -2.11. The van der Waals surface area contributed by atoms with Gasteiger partial charge in [0.25, 0.3) is 0 Å². The molecule has 0 radical (unpaired) electrons. The maximum atomic E-state index is 6.12. The number of nitrogens with one attached hydrogen (secondary N) is 1. The Bertz CT molecular complexity index is 590. The fraction of sp³-hybridized carbons (Fsp3) is 0.250. The number of nitrogens with two attached hydrogens (primary N) is 1. The molecule has 7 heteroatoms. The summed E-state index contributed by atoms with van der Waals surface area (Å²) in [6.07, 6.45) is 2.27. The Morgan fingerprint density at radius 3 is 2.63 bits per heavy atom. The fourth-order valence-corrected chi connectivity index (χ4v) is 2.20. The Kier molecular flexibility index (Phi) is 4.19. The van der Waals surface area contributed by atoms with Gasteiger partial charge in [0.1, 0.15) is 11.5 Å². The molecule has 0 fully saturated rings. The molecule has 2 aromatic rings. The van der Waals surface area contributed by atoms with E-state index in [1.54, 1.807) is 6.07 Å². The van der Waals surface area contributed by atoms with Crippen molar-refractivity contribution in [2.24, 2.45) is 5.84 Å². The van der Waals surface area contributed by atoms with Crippen LogP contribution in [0, 0.1) is 6.92 Å². The molecular formula is C12H13Cl2N5. The van der Waals surface area contributed by atoms with Gasteiger partial charge in [0.05, 0.1) is 10.0 Å². The lowest BCUT2D eigenvalue weighted by atomic mass is 10.2. The Morgan fingerprint density at radius 2 is 2.05 bits per heavy atom. The molecule has 0 spiro atoms. The smallest absolute Gasteiger partial charge is 0.182 e. The zero-order chi connectivity index (χ0) is 14.0. The molecule has 2 aromatic heterocycles. The number of aryl methyl sites for hydroxylation is 1. The van der Waals surface area contributed by atoms with Gasteiger partial charge in [-0.25, -0.2) is 20.8 Å². The van der Waals surface area contributed by atoms with Gasteiger partial charge in [-0.3, -0.25) is 0 Å².